The molecule has 0 aliphatic heterocycles. The summed E-state index contributed by atoms with van der Waals surface area (Å²) in [5.41, 5.74) is 4.45. The molecule has 2 aromatic rings. The van der Waals surface area contributed by atoms with Crippen LogP contribution in [-0.2, 0) is 11.2 Å². The van der Waals surface area contributed by atoms with Gasteiger partial charge in [0.05, 0.1) is 19.1 Å². The maximum atomic E-state index is 11.9. The summed E-state index contributed by atoms with van der Waals surface area (Å²) in [4.78, 5) is 27.6. The predicted molar refractivity (Wildman–Crippen MR) is 99.1 cm³/mol. The molecule has 0 aliphatic carbocycles. The third-order valence-electron chi connectivity index (χ3n) is 3.58. The van der Waals surface area contributed by atoms with Crippen LogP contribution in [0.15, 0.2) is 53.9 Å². The van der Waals surface area contributed by atoms with E-state index in [2.05, 4.69) is 20.8 Å². The average molecular weight is 354 g/mol. The van der Waals surface area contributed by atoms with Crippen molar-refractivity contribution in [1.29, 1.82) is 0 Å². The lowest BCUT2D eigenvalue weighted by Gasteiger charge is -2.06. The van der Waals surface area contributed by atoms with Crippen LogP contribution in [0.5, 0.6) is 5.75 Å². The van der Waals surface area contributed by atoms with Crippen molar-refractivity contribution in [1.82, 2.24) is 15.7 Å². The molecular weight excluding hydrogens is 332 g/mol. The first kappa shape index (κ1) is 19.1. The fourth-order valence-corrected chi connectivity index (χ4v) is 2.18. The van der Waals surface area contributed by atoms with Gasteiger partial charge in [-0.25, -0.2) is 5.43 Å². The summed E-state index contributed by atoms with van der Waals surface area (Å²) >= 11 is 0. The number of nitrogens with one attached hydrogen (secondary N) is 2. The van der Waals surface area contributed by atoms with E-state index in [0.29, 0.717) is 17.8 Å². The highest BCUT2D eigenvalue weighted by Crippen LogP contribution is 2.11. The van der Waals surface area contributed by atoms with Crippen LogP contribution >= 0.6 is 0 Å². The highest BCUT2D eigenvalue weighted by Gasteiger charge is 2.06. The highest BCUT2D eigenvalue weighted by molar-refractivity contribution is 6.01. The number of pyridine rings is 1. The fraction of sp³-hybridized carbons (Fsp3) is 0.263. The predicted octanol–water partition coefficient (Wildman–Crippen LogP) is 1.94. The monoisotopic (exact) mass is 354 g/mol. The van der Waals surface area contributed by atoms with Gasteiger partial charge in [-0.15, -0.1) is 0 Å². The molecular formula is C19H22N4O3. The molecule has 0 unspecified atom stereocenters. The van der Waals surface area contributed by atoms with Crippen LogP contribution in [0.1, 0.15) is 29.3 Å². The quantitative estimate of drug-likeness (QED) is 0.560. The third kappa shape index (κ3) is 6.35. The summed E-state index contributed by atoms with van der Waals surface area (Å²) in [5, 5.41) is 6.78. The fourth-order valence-electron chi connectivity index (χ4n) is 2.18. The number of carbonyl (C=O) groups is 2. The maximum Gasteiger partial charge on any atom is 0.272 e. The Morgan fingerprint density at radius 3 is 2.62 bits per heavy atom. The van der Waals surface area contributed by atoms with Crippen LogP contribution in [-0.4, -0.2) is 36.2 Å². The van der Waals surface area contributed by atoms with Gasteiger partial charge in [-0.05, 0) is 43.2 Å². The van der Waals surface area contributed by atoms with Gasteiger partial charge in [-0.3, -0.25) is 14.6 Å². The second-order valence-corrected chi connectivity index (χ2v) is 5.65. The second-order valence-electron chi connectivity index (χ2n) is 5.65. The first-order valence-corrected chi connectivity index (χ1v) is 8.21. The SMILES string of the molecule is COc1ccc(CCNC(=O)C/C(C)=N\NC(=O)c2cccnc2)cc1. The van der Waals surface area contributed by atoms with Crippen molar-refractivity contribution in [2.24, 2.45) is 5.10 Å². The van der Waals surface area contributed by atoms with Crippen molar-refractivity contribution in [3.8, 4) is 5.75 Å². The smallest absolute Gasteiger partial charge is 0.272 e. The van der Waals surface area contributed by atoms with E-state index >= 15 is 0 Å². The van der Waals surface area contributed by atoms with Crippen molar-refractivity contribution in [3.05, 3.63) is 59.9 Å². The van der Waals surface area contributed by atoms with Gasteiger partial charge in [-0.2, -0.15) is 5.10 Å². The Kier molecular flexibility index (Phi) is 7.30. The molecule has 1 aromatic heterocycles. The third-order valence-corrected chi connectivity index (χ3v) is 3.58. The molecule has 7 heteroatoms. The zero-order chi connectivity index (χ0) is 18.8. The molecule has 7 nitrogen and oxygen atoms in total. The van der Waals surface area contributed by atoms with Gasteiger partial charge < -0.3 is 10.1 Å². The summed E-state index contributed by atoms with van der Waals surface area (Å²) in [7, 11) is 1.62. The Bertz CT molecular complexity index is 758. The molecule has 1 heterocycles. The van der Waals surface area contributed by atoms with Gasteiger partial charge in [0, 0.05) is 24.7 Å². The van der Waals surface area contributed by atoms with E-state index in [1.165, 1.54) is 6.20 Å². The van der Waals surface area contributed by atoms with Crippen molar-refractivity contribution >= 4 is 17.5 Å². The molecule has 0 spiro atoms. The molecule has 2 N–H and O–H groups in total. The van der Waals surface area contributed by atoms with Crippen molar-refractivity contribution in [2.75, 3.05) is 13.7 Å². The van der Waals surface area contributed by atoms with Gasteiger partial charge in [0.25, 0.3) is 5.91 Å². The number of hydrogen-bond donors (Lipinski definition) is 2. The first-order chi connectivity index (χ1) is 12.6. The van der Waals surface area contributed by atoms with E-state index in [0.717, 1.165) is 17.7 Å². The number of hydrazone groups is 1. The number of nitrogens with zero attached hydrogens (tertiary/aromatic N) is 2. The lowest BCUT2D eigenvalue weighted by Crippen LogP contribution is -2.28. The maximum absolute atomic E-state index is 11.9. The number of ether oxygens (including phenoxy) is 1. The van der Waals surface area contributed by atoms with Crippen molar-refractivity contribution in [3.63, 3.8) is 0 Å². The van der Waals surface area contributed by atoms with Gasteiger partial charge in [0.2, 0.25) is 5.91 Å². The zero-order valence-electron chi connectivity index (χ0n) is 14.9. The zero-order valence-corrected chi connectivity index (χ0v) is 14.9. The number of methoxy groups -OCH3 is 1. The molecule has 26 heavy (non-hydrogen) atoms. The molecule has 0 fully saturated rings. The Balaban J connectivity index is 1.71. The van der Waals surface area contributed by atoms with E-state index in [9.17, 15) is 9.59 Å². The number of aromatic nitrogens is 1. The van der Waals surface area contributed by atoms with Crippen molar-refractivity contribution in [2.45, 2.75) is 19.8 Å². The van der Waals surface area contributed by atoms with E-state index in [4.69, 9.17) is 4.74 Å². The summed E-state index contributed by atoms with van der Waals surface area (Å²) in [6.45, 7) is 2.22. The van der Waals surface area contributed by atoms with Gasteiger partial charge in [0.1, 0.15) is 5.75 Å². The largest absolute Gasteiger partial charge is 0.497 e. The summed E-state index contributed by atoms with van der Waals surface area (Å²) in [6, 6.07) is 11.0. The van der Waals surface area contributed by atoms with Gasteiger partial charge in [-0.1, -0.05) is 12.1 Å². The Hall–Kier alpha value is -3.22. The van der Waals surface area contributed by atoms with E-state index in [-0.39, 0.29) is 18.2 Å². The first-order valence-electron chi connectivity index (χ1n) is 8.21. The summed E-state index contributed by atoms with van der Waals surface area (Å²) in [5.74, 6) is 0.297. The molecule has 0 bridgehead atoms. The minimum absolute atomic E-state index is 0.121. The minimum Gasteiger partial charge on any atom is -0.497 e. The number of amides is 2. The number of carbonyl (C=O) groups excluding carboxylic acids is 2. The molecule has 2 amide bonds. The highest BCUT2D eigenvalue weighted by atomic mass is 16.5. The van der Waals surface area contributed by atoms with Crippen LogP contribution in [0.3, 0.4) is 0 Å². The molecule has 2 rings (SSSR count). The van der Waals surface area contributed by atoms with Gasteiger partial charge >= 0.3 is 0 Å². The standard InChI is InChI=1S/C19H22N4O3/c1-14(22-23-19(25)16-4-3-10-20-13-16)12-18(24)21-11-9-15-5-7-17(26-2)8-6-15/h3-8,10,13H,9,11-12H2,1-2H3,(H,21,24)(H,23,25)/b22-14-. The number of rotatable bonds is 8. The van der Waals surface area contributed by atoms with Crippen LogP contribution in [0.25, 0.3) is 0 Å². The lowest BCUT2D eigenvalue weighted by molar-refractivity contribution is -0.119. The average Bonchev–Trinajstić information content (AvgIpc) is 2.67. The molecule has 0 saturated heterocycles. The van der Waals surface area contributed by atoms with E-state index in [1.807, 2.05) is 24.3 Å². The topological polar surface area (TPSA) is 92.7 Å². The van der Waals surface area contributed by atoms with Crippen LogP contribution in [0.4, 0.5) is 0 Å². The normalized spacial score (nSPS) is 10.9. The van der Waals surface area contributed by atoms with Crippen molar-refractivity contribution < 1.29 is 14.3 Å². The Labute approximate surface area is 152 Å². The number of benzene rings is 1. The second kappa shape index (κ2) is 9.93. The molecule has 0 radical (unpaired) electrons. The molecule has 136 valence electrons. The Morgan fingerprint density at radius 2 is 1.96 bits per heavy atom. The minimum atomic E-state index is -0.364. The summed E-state index contributed by atoms with van der Waals surface area (Å²) in [6.07, 6.45) is 3.88. The number of hydrogen-bond acceptors (Lipinski definition) is 5. The van der Waals surface area contributed by atoms with E-state index < -0.39 is 0 Å². The summed E-state index contributed by atoms with van der Waals surface area (Å²) < 4.78 is 5.11. The molecule has 0 saturated carbocycles. The molecule has 1 aromatic carbocycles. The van der Waals surface area contributed by atoms with Crippen LogP contribution < -0.4 is 15.5 Å². The van der Waals surface area contributed by atoms with Gasteiger partial charge in [0.15, 0.2) is 0 Å². The molecule has 0 atom stereocenters. The lowest BCUT2D eigenvalue weighted by atomic mass is 10.1. The van der Waals surface area contributed by atoms with Crippen LogP contribution in [0.2, 0.25) is 0 Å². The Morgan fingerprint density at radius 1 is 1.19 bits per heavy atom. The van der Waals surface area contributed by atoms with Crippen LogP contribution in [0, 0.1) is 0 Å². The van der Waals surface area contributed by atoms with E-state index in [1.54, 1.807) is 32.4 Å². The molecule has 0 aliphatic rings.